The molecular weight excluding hydrogens is 310 g/mol. The highest BCUT2D eigenvalue weighted by atomic mass is 79.9. The normalized spacial score (nSPS) is 10.7. The zero-order valence-electron chi connectivity index (χ0n) is 11.2. The van der Waals surface area contributed by atoms with Crippen molar-refractivity contribution < 1.29 is 4.79 Å². The lowest BCUT2D eigenvalue weighted by molar-refractivity contribution is -0.127. The van der Waals surface area contributed by atoms with Crippen molar-refractivity contribution in [2.45, 2.75) is 6.92 Å². The number of imidazole rings is 1. The Morgan fingerprint density at radius 2 is 2.21 bits per heavy atom. The Hall–Kier alpha value is -1.63. The summed E-state index contributed by atoms with van der Waals surface area (Å²) in [5.41, 5.74) is 0.747. The van der Waals surface area contributed by atoms with E-state index in [0.29, 0.717) is 17.0 Å². The maximum Gasteiger partial charge on any atom is 0.241 e. The van der Waals surface area contributed by atoms with E-state index in [1.54, 1.807) is 25.2 Å². The van der Waals surface area contributed by atoms with Crippen molar-refractivity contribution in [3.63, 3.8) is 0 Å². The lowest BCUT2D eigenvalue weighted by Crippen LogP contribution is -2.37. The number of aromatic nitrogens is 3. The summed E-state index contributed by atoms with van der Waals surface area (Å²) >= 11 is 3.38. The van der Waals surface area contributed by atoms with Crippen molar-refractivity contribution in [2.24, 2.45) is 0 Å². The van der Waals surface area contributed by atoms with Gasteiger partial charge in [0.1, 0.15) is 4.60 Å². The van der Waals surface area contributed by atoms with Crippen molar-refractivity contribution in [3.8, 4) is 0 Å². The van der Waals surface area contributed by atoms with Crippen LogP contribution in [0.3, 0.4) is 0 Å². The minimum absolute atomic E-state index is 0.0355. The molecule has 0 aromatic carbocycles. The van der Waals surface area contributed by atoms with Gasteiger partial charge in [-0.25, -0.2) is 9.97 Å². The first-order valence-electron chi connectivity index (χ1n) is 5.97. The van der Waals surface area contributed by atoms with E-state index in [9.17, 15) is 4.79 Å². The van der Waals surface area contributed by atoms with Crippen LogP contribution in [0.25, 0.3) is 5.65 Å². The van der Waals surface area contributed by atoms with E-state index in [0.717, 1.165) is 5.65 Å². The van der Waals surface area contributed by atoms with Gasteiger partial charge in [0.05, 0.1) is 6.54 Å². The van der Waals surface area contributed by atoms with Crippen molar-refractivity contribution >= 4 is 33.3 Å². The molecule has 0 aliphatic carbocycles. The minimum Gasteiger partial charge on any atom is -0.347 e. The van der Waals surface area contributed by atoms with Crippen molar-refractivity contribution in [1.82, 2.24) is 19.3 Å². The number of fused-ring (bicyclic) bond motifs is 1. The van der Waals surface area contributed by atoms with Crippen molar-refractivity contribution in [3.05, 3.63) is 23.2 Å². The molecule has 2 rings (SSSR count). The Morgan fingerprint density at radius 1 is 1.47 bits per heavy atom. The van der Waals surface area contributed by atoms with E-state index >= 15 is 0 Å². The Kier molecular flexibility index (Phi) is 4.04. The lowest BCUT2D eigenvalue weighted by atomic mass is 10.4. The van der Waals surface area contributed by atoms with Gasteiger partial charge in [0, 0.05) is 39.2 Å². The summed E-state index contributed by atoms with van der Waals surface area (Å²) in [7, 11) is 3.49. The van der Waals surface area contributed by atoms with Crippen molar-refractivity contribution in [2.75, 3.05) is 32.1 Å². The summed E-state index contributed by atoms with van der Waals surface area (Å²) in [5, 5.41) is 0. The number of anilines is 1. The Bertz CT molecular complexity index is 595. The van der Waals surface area contributed by atoms with Gasteiger partial charge in [-0.2, -0.15) is 0 Å². The summed E-state index contributed by atoms with van der Waals surface area (Å²) in [6.45, 7) is 2.96. The summed E-state index contributed by atoms with van der Waals surface area (Å²) in [6.07, 6.45) is 5.41. The van der Waals surface area contributed by atoms with Gasteiger partial charge in [-0.1, -0.05) is 0 Å². The molecule has 0 aliphatic rings. The van der Waals surface area contributed by atoms with Crippen LogP contribution in [0, 0.1) is 0 Å². The van der Waals surface area contributed by atoms with Gasteiger partial charge in [0.25, 0.3) is 0 Å². The largest absolute Gasteiger partial charge is 0.347 e. The summed E-state index contributed by atoms with van der Waals surface area (Å²) in [6, 6.07) is 0. The van der Waals surface area contributed by atoms with Gasteiger partial charge in [0.15, 0.2) is 11.5 Å². The molecule has 0 bridgehead atoms. The molecule has 7 heteroatoms. The quantitative estimate of drug-likeness (QED) is 0.852. The second-order valence-electron chi connectivity index (χ2n) is 4.35. The standard InChI is InChI=1S/C12H16BrN5O/c1-4-17(8-10(19)16(2)3)12-11-14-5-6-18(11)7-9(13)15-12/h5-7H,4,8H2,1-3H3. The topological polar surface area (TPSA) is 53.7 Å². The average molecular weight is 326 g/mol. The van der Waals surface area contributed by atoms with Gasteiger partial charge in [-0.15, -0.1) is 0 Å². The Balaban J connectivity index is 2.40. The SMILES string of the molecule is CCN(CC(=O)N(C)C)c1nc(Br)cn2ccnc12. The van der Waals surface area contributed by atoms with E-state index in [1.807, 2.05) is 28.6 Å². The smallest absolute Gasteiger partial charge is 0.241 e. The van der Waals surface area contributed by atoms with E-state index in [-0.39, 0.29) is 12.5 Å². The van der Waals surface area contributed by atoms with Gasteiger partial charge in [-0.3, -0.25) is 4.79 Å². The fourth-order valence-corrected chi connectivity index (χ4v) is 2.13. The lowest BCUT2D eigenvalue weighted by Gasteiger charge is -2.23. The maximum atomic E-state index is 11.9. The minimum atomic E-state index is 0.0355. The fourth-order valence-electron chi connectivity index (χ4n) is 1.74. The van der Waals surface area contributed by atoms with Crippen LogP contribution in [0.2, 0.25) is 0 Å². The van der Waals surface area contributed by atoms with Gasteiger partial charge in [0.2, 0.25) is 5.91 Å². The first kappa shape index (κ1) is 13.8. The molecule has 0 atom stereocenters. The van der Waals surface area contributed by atoms with Crippen LogP contribution in [-0.2, 0) is 4.79 Å². The molecule has 0 unspecified atom stereocenters. The maximum absolute atomic E-state index is 11.9. The fraction of sp³-hybridized carbons (Fsp3) is 0.417. The number of halogens is 1. The number of hydrogen-bond acceptors (Lipinski definition) is 4. The molecule has 0 aliphatic heterocycles. The number of hydrogen-bond donors (Lipinski definition) is 0. The summed E-state index contributed by atoms with van der Waals surface area (Å²) < 4.78 is 2.60. The zero-order valence-corrected chi connectivity index (χ0v) is 12.8. The number of rotatable bonds is 4. The molecule has 2 heterocycles. The molecule has 0 saturated carbocycles. The van der Waals surface area contributed by atoms with Gasteiger partial charge < -0.3 is 14.2 Å². The monoisotopic (exact) mass is 325 g/mol. The third kappa shape index (κ3) is 2.86. The van der Waals surface area contributed by atoms with E-state index in [2.05, 4.69) is 25.9 Å². The molecule has 0 N–H and O–H groups in total. The number of nitrogens with zero attached hydrogens (tertiary/aromatic N) is 5. The average Bonchev–Trinajstić information content (AvgIpc) is 2.82. The number of amides is 1. The summed E-state index contributed by atoms with van der Waals surface area (Å²) in [4.78, 5) is 24.1. The second-order valence-corrected chi connectivity index (χ2v) is 5.16. The molecule has 6 nitrogen and oxygen atoms in total. The molecule has 0 radical (unpaired) electrons. The summed E-state index contributed by atoms with van der Waals surface area (Å²) in [5.74, 6) is 0.741. The van der Waals surface area contributed by atoms with Crippen LogP contribution in [0.15, 0.2) is 23.2 Å². The molecule has 1 amide bonds. The highest BCUT2D eigenvalue weighted by Crippen LogP contribution is 2.20. The number of carbonyl (C=O) groups is 1. The molecule has 0 spiro atoms. The molecule has 2 aromatic rings. The first-order valence-corrected chi connectivity index (χ1v) is 6.76. The van der Waals surface area contributed by atoms with E-state index in [4.69, 9.17) is 0 Å². The Morgan fingerprint density at radius 3 is 2.84 bits per heavy atom. The highest BCUT2D eigenvalue weighted by Gasteiger charge is 2.17. The first-order chi connectivity index (χ1) is 9.02. The van der Waals surface area contributed by atoms with E-state index in [1.165, 1.54) is 0 Å². The van der Waals surface area contributed by atoms with Crippen molar-refractivity contribution in [1.29, 1.82) is 0 Å². The third-order valence-electron chi connectivity index (χ3n) is 2.83. The van der Waals surface area contributed by atoms with Crippen LogP contribution in [0.5, 0.6) is 0 Å². The Labute approximate surface area is 120 Å². The molecular formula is C12H16BrN5O. The van der Waals surface area contributed by atoms with Gasteiger partial charge in [-0.05, 0) is 22.9 Å². The molecule has 102 valence electrons. The van der Waals surface area contributed by atoms with Crippen LogP contribution in [0.1, 0.15) is 6.92 Å². The van der Waals surface area contributed by atoms with Crippen LogP contribution in [-0.4, -0.2) is 52.4 Å². The van der Waals surface area contributed by atoms with Crippen LogP contribution in [0.4, 0.5) is 5.82 Å². The number of carbonyl (C=O) groups excluding carboxylic acids is 1. The molecule has 2 aromatic heterocycles. The van der Waals surface area contributed by atoms with Crippen LogP contribution < -0.4 is 4.90 Å². The van der Waals surface area contributed by atoms with E-state index < -0.39 is 0 Å². The molecule has 19 heavy (non-hydrogen) atoms. The molecule has 0 fully saturated rings. The third-order valence-corrected chi connectivity index (χ3v) is 3.22. The zero-order chi connectivity index (χ0) is 14.0. The highest BCUT2D eigenvalue weighted by molar-refractivity contribution is 9.10. The predicted octanol–water partition coefficient (Wildman–Crippen LogP) is 1.41. The van der Waals surface area contributed by atoms with Crippen LogP contribution >= 0.6 is 15.9 Å². The predicted molar refractivity (Wildman–Crippen MR) is 77.3 cm³/mol. The van der Waals surface area contributed by atoms with Gasteiger partial charge >= 0.3 is 0 Å². The number of likely N-dealkylation sites (N-methyl/N-ethyl adjacent to an activating group) is 2. The molecule has 0 saturated heterocycles. The second kappa shape index (κ2) is 5.56.